The van der Waals surface area contributed by atoms with Crippen LogP contribution in [-0.4, -0.2) is 17.9 Å². The third-order valence-corrected chi connectivity index (χ3v) is 2.43. The van der Waals surface area contributed by atoms with Gasteiger partial charge in [-0.1, -0.05) is 11.6 Å². The van der Waals surface area contributed by atoms with Gasteiger partial charge in [0.2, 0.25) is 0 Å². The maximum Gasteiger partial charge on any atom is 0.331 e. The summed E-state index contributed by atoms with van der Waals surface area (Å²) >= 11 is 0. The van der Waals surface area contributed by atoms with Crippen LogP contribution in [0, 0.1) is 5.92 Å². The summed E-state index contributed by atoms with van der Waals surface area (Å²) in [7, 11) is 0. The van der Waals surface area contributed by atoms with E-state index < -0.39 is 0 Å². The van der Waals surface area contributed by atoms with Crippen LogP contribution in [0.5, 0.6) is 0 Å². The first-order valence-electron chi connectivity index (χ1n) is 4.26. The number of allylic oxidation sites excluding steroid dienone is 1. The normalized spacial score (nSPS) is 32.2. The average Bonchev–Trinajstić information content (AvgIpc) is 2.02. The summed E-state index contributed by atoms with van der Waals surface area (Å²) in [5.74, 6) is -0.194. The zero-order chi connectivity index (χ0) is 9.42. The van der Waals surface area contributed by atoms with Crippen LogP contribution in [0.15, 0.2) is 23.8 Å². The molecule has 0 aromatic heterocycles. The predicted molar refractivity (Wildman–Crippen MR) is 45.9 cm³/mol. The standard InChI is InChI=1S/C10H10O3/c1-6-4-10(12)13-9-5-7(11)2-3-8(6)9/h2-4,8-9H,5H2,1H3. The van der Waals surface area contributed by atoms with Crippen LogP contribution in [0.25, 0.3) is 0 Å². The lowest BCUT2D eigenvalue weighted by atomic mass is 9.85. The minimum Gasteiger partial charge on any atom is -0.458 e. The van der Waals surface area contributed by atoms with Crippen molar-refractivity contribution in [1.82, 2.24) is 0 Å². The van der Waals surface area contributed by atoms with Crippen LogP contribution in [0.1, 0.15) is 13.3 Å². The Kier molecular flexibility index (Phi) is 1.79. The summed E-state index contributed by atoms with van der Waals surface area (Å²) in [5.41, 5.74) is 0.977. The van der Waals surface area contributed by atoms with Crippen molar-refractivity contribution in [3.63, 3.8) is 0 Å². The Hall–Kier alpha value is -1.38. The molecule has 0 saturated carbocycles. The lowest BCUT2D eigenvalue weighted by molar-refractivity contribution is -0.147. The van der Waals surface area contributed by atoms with Crippen molar-refractivity contribution in [3.8, 4) is 0 Å². The van der Waals surface area contributed by atoms with Crippen LogP contribution in [0.3, 0.4) is 0 Å². The average molecular weight is 178 g/mol. The van der Waals surface area contributed by atoms with E-state index in [0.29, 0.717) is 6.42 Å². The molecule has 0 aromatic rings. The molecule has 0 aromatic carbocycles. The second-order valence-electron chi connectivity index (χ2n) is 3.42. The molecule has 2 unspecified atom stereocenters. The van der Waals surface area contributed by atoms with E-state index in [9.17, 15) is 9.59 Å². The molecule has 0 N–H and O–H groups in total. The predicted octanol–water partition coefficient (Wildman–Crippen LogP) is 1.00. The number of esters is 1. The Morgan fingerprint density at radius 2 is 2.23 bits per heavy atom. The van der Waals surface area contributed by atoms with Gasteiger partial charge in [0.15, 0.2) is 5.78 Å². The highest BCUT2D eigenvalue weighted by Crippen LogP contribution is 2.29. The molecule has 3 nitrogen and oxygen atoms in total. The van der Waals surface area contributed by atoms with Crippen molar-refractivity contribution < 1.29 is 14.3 Å². The molecule has 3 heteroatoms. The molecule has 0 radical (unpaired) electrons. The first kappa shape index (κ1) is 8.23. The third-order valence-electron chi connectivity index (χ3n) is 2.43. The van der Waals surface area contributed by atoms with Gasteiger partial charge in [0, 0.05) is 18.4 Å². The van der Waals surface area contributed by atoms with E-state index in [1.807, 2.05) is 13.0 Å². The highest BCUT2D eigenvalue weighted by molar-refractivity contribution is 5.92. The van der Waals surface area contributed by atoms with E-state index in [4.69, 9.17) is 4.74 Å². The Labute approximate surface area is 76.1 Å². The summed E-state index contributed by atoms with van der Waals surface area (Å²) < 4.78 is 5.04. The second-order valence-corrected chi connectivity index (χ2v) is 3.42. The molecule has 1 aliphatic heterocycles. The van der Waals surface area contributed by atoms with Gasteiger partial charge in [0.1, 0.15) is 6.10 Å². The number of hydrogen-bond acceptors (Lipinski definition) is 3. The van der Waals surface area contributed by atoms with Crippen LogP contribution < -0.4 is 0 Å². The highest BCUT2D eigenvalue weighted by atomic mass is 16.5. The van der Waals surface area contributed by atoms with Crippen molar-refractivity contribution in [1.29, 1.82) is 0 Å². The smallest absolute Gasteiger partial charge is 0.331 e. The molecule has 13 heavy (non-hydrogen) atoms. The number of rotatable bonds is 0. The van der Waals surface area contributed by atoms with Crippen LogP contribution in [0.2, 0.25) is 0 Å². The minimum absolute atomic E-state index is 0.0313. The molecule has 0 spiro atoms. The molecule has 0 fully saturated rings. The molecule has 1 heterocycles. The maximum absolute atomic E-state index is 11.0. The fraction of sp³-hybridized carbons (Fsp3) is 0.400. The molecule has 2 rings (SSSR count). The summed E-state index contributed by atoms with van der Waals surface area (Å²) in [6.45, 7) is 1.89. The highest BCUT2D eigenvalue weighted by Gasteiger charge is 2.32. The van der Waals surface area contributed by atoms with Crippen molar-refractivity contribution >= 4 is 11.8 Å². The lowest BCUT2D eigenvalue weighted by Crippen LogP contribution is -2.34. The van der Waals surface area contributed by atoms with Gasteiger partial charge in [-0.05, 0) is 13.0 Å². The van der Waals surface area contributed by atoms with Gasteiger partial charge in [-0.3, -0.25) is 4.79 Å². The molecule has 0 saturated heterocycles. The van der Waals surface area contributed by atoms with Gasteiger partial charge in [-0.25, -0.2) is 4.79 Å². The van der Waals surface area contributed by atoms with Crippen molar-refractivity contribution in [2.24, 2.45) is 5.92 Å². The molecule has 2 atom stereocenters. The van der Waals surface area contributed by atoms with Gasteiger partial charge in [0.25, 0.3) is 0 Å². The number of carbonyl (C=O) groups excluding carboxylic acids is 2. The van der Waals surface area contributed by atoms with Crippen molar-refractivity contribution in [2.75, 3.05) is 0 Å². The van der Waals surface area contributed by atoms with Crippen LogP contribution in [-0.2, 0) is 14.3 Å². The number of hydrogen-bond donors (Lipinski definition) is 0. The van der Waals surface area contributed by atoms with Crippen molar-refractivity contribution in [2.45, 2.75) is 19.4 Å². The molecular weight excluding hydrogens is 168 g/mol. The van der Waals surface area contributed by atoms with E-state index in [2.05, 4.69) is 0 Å². The summed E-state index contributed by atoms with van der Waals surface area (Å²) in [4.78, 5) is 22.0. The number of ether oxygens (including phenoxy) is 1. The Morgan fingerprint density at radius 3 is 3.00 bits per heavy atom. The number of fused-ring (bicyclic) bond motifs is 1. The minimum atomic E-state index is -0.332. The van der Waals surface area contributed by atoms with Gasteiger partial charge in [-0.2, -0.15) is 0 Å². The molecule has 0 amide bonds. The lowest BCUT2D eigenvalue weighted by Gasteiger charge is -2.30. The van der Waals surface area contributed by atoms with Gasteiger partial charge < -0.3 is 4.74 Å². The number of carbonyl (C=O) groups is 2. The SMILES string of the molecule is CC1=CC(=O)OC2CC(=O)C=CC12. The van der Waals surface area contributed by atoms with E-state index in [-0.39, 0.29) is 23.8 Å². The fourth-order valence-electron chi connectivity index (χ4n) is 1.75. The first-order chi connectivity index (χ1) is 6.16. The van der Waals surface area contributed by atoms with E-state index in [0.717, 1.165) is 5.57 Å². The first-order valence-corrected chi connectivity index (χ1v) is 4.26. The molecule has 0 bridgehead atoms. The largest absolute Gasteiger partial charge is 0.458 e. The molecule has 1 aliphatic carbocycles. The Morgan fingerprint density at radius 1 is 1.46 bits per heavy atom. The van der Waals surface area contributed by atoms with Gasteiger partial charge in [0.05, 0.1) is 0 Å². The third kappa shape index (κ3) is 1.41. The molecule has 68 valence electrons. The fourth-order valence-corrected chi connectivity index (χ4v) is 1.75. The summed E-state index contributed by atoms with van der Waals surface area (Å²) in [6, 6.07) is 0. The molecular formula is C10H10O3. The maximum atomic E-state index is 11.0. The van der Waals surface area contributed by atoms with Crippen LogP contribution >= 0.6 is 0 Å². The number of ketones is 1. The van der Waals surface area contributed by atoms with E-state index in [1.165, 1.54) is 6.08 Å². The summed E-state index contributed by atoms with van der Waals surface area (Å²) in [5, 5.41) is 0. The zero-order valence-corrected chi connectivity index (χ0v) is 7.32. The van der Waals surface area contributed by atoms with Gasteiger partial charge >= 0.3 is 5.97 Å². The van der Waals surface area contributed by atoms with E-state index >= 15 is 0 Å². The van der Waals surface area contributed by atoms with Crippen LogP contribution in [0.4, 0.5) is 0 Å². The Balaban J connectivity index is 2.32. The monoisotopic (exact) mass is 178 g/mol. The Bertz CT molecular complexity index is 325. The van der Waals surface area contributed by atoms with Gasteiger partial charge in [-0.15, -0.1) is 0 Å². The van der Waals surface area contributed by atoms with Crippen molar-refractivity contribution in [3.05, 3.63) is 23.8 Å². The molecule has 2 aliphatic rings. The quantitative estimate of drug-likeness (QED) is 0.520. The topological polar surface area (TPSA) is 43.4 Å². The van der Waals surface area contributed by atoms with E-state index in [1.54, 1.807) is 6.08 Å². The summed E-state index contributed by atoms with van der Waals surface area (Å²) in [6.07, 6.45) is 4.92. The zero-order valence-electron chi connectivity index (χ0n) is 7.32. The second kappa shape index (κ2) is 2.83.